The van der Waals surface area contributed by atoms with Crippen molar-refractivity contribution in [3.05, 3.63) is 24.0 Å². The minimum absolute atomic E-state index is 0. The van der Waals surface area contributed by atoms with Crippen molar-refractivity contribution < 1.29 is 0 Å². The Labute approximate surface area is 138 Å². The summed E-state index contributed by atoms with van der Waals surface area (Å²) < 4.78 is 1.98. The number of likely N-dealkylation sites (N-methyl/N-ethyl adjacent to an activating group) is 1. The zero-order valence-corrected chi connectivity index (χ0v) is 14.4. The predicted octanol–water partition coefficient (Wildman–Crippen LogP) is 2.62. The van der Waals surface area contributed by atoms with Crippen LogP contribution in [0.15, 0.2) is 18.5 Å². The number of pyridine rings is 1. The Morgan fingerprint density at radius 3 is 2.91 bits per heavy atom. The molecule has 0 saturated carbocycles. The van der Waals surface area contributed by atoms with Gasteiger partial charge >= 0.3 is 0 Å². The first-order valence-electron chi connectivity index (χ1n) is 7.89. The van der Waals surface area contributed by atoms with Gasteiger partial charge in [-0.3, -0.25) is 4.90 Å². The lowest BCUT2D eigenvalue weighted by Gasteiger charge is -2.32. The number of hydrogen-bond acceptors (Lipinski definition) is 4. The van der Waals surface area contributed by atoms with Crippen LogP contribution in [-0.2, 0) is 6.54 Å². The molecular weight excluding hydrogens is 298 g/mol. The minimum Gasteiger partial charge on any atom is -0.316 e. The largest absolute Gasteiger partial charge is 0.316 e. The van der Waals surface area contributed by atoms with Gasteiger partial charge in [-0.25, -0.2) is 9.67 Å². The molecule has 0 spiro atoms. The number of halogens is 1. The molecule has 1 aliphatic heterocycles. The van der Waals surface area contributed by atoms with Gasteiger partial charge < -0.3 is 5.32 Å². The maximum absolute atomic E-state index is 4.63. The first kappa shape index (κ1) is 17.2. The Hall–Kier alpha value is -1.17. The van der Waals surface area contributed by atoms with Crippen LogP contribution in [0.25, 0.3) is 11.0 Å². The molecule has 0 radical (unpaired) electrons. The molecule has 122 valence electrons. The van der Waals surface area contributed by atoms with Gasteiger partial charge in [0.25, 0.3) is 0 Å². The fourth-order valence-electron chi connectivity index (χ4n) is 3.14. The van der Waals surface area contributed by atoms with Gasteiger partial charge in [-0.2, -0.15) is 5.10 Å². The molecule has 1 fully saturated rings. The summed E-state index contributed by atoms with van der Waals surface area (Å²) in [7, 11) is 2.06. The molecule has 1 atom stereocenters. The van der Waals surface area contributed by atoms with E-state index in [0.717, 1.165) is 24.1 Å². The first-order chi connectivity index (χ1) is 10.2. The summed E-state index contributed by atoms with van der Waals surface area (Å²) >= 11 is 0. The Bertz CT molecular complexity index is 610. The smallest absolute Gasteiger partial charge is 0.157 e. The van der Waals surface area contributed by atoms with Crippen molar-refractivity contribution in [2.24, 2.45) is 0 Å². The van der Waals surface area contributed by atoms with Gasteiger partial charge in [0.05, 0.1) is 6.20 Å². The number of nitrogens with zero attached hydrogens (tertiary/aromatic N) is 4. The number of hydrogen-bond donors (Lipinski definition) is 1. The van der Waals surface area contributed by atoms with E-state index in [9.17, 15) is 0 Å². The molecule has 1 aliphatic rings. The average Bonchev–Trinajstić information content (AvgIpc) is 2.90. The van der Waals surface area contributed by atoms with Crippen molar-refractivity contribution in [1.29, 1.82) is 0 Å². The summed E-state index contributed by atoms with van der Waals surface area (Å²) in [5.74, 6) is 0. The standard InChI is InChI=1S/C16H25N5.ClH/c1-12(2)21-16-14(9-19-21)7-13(8-18-16)10-20-6-4-5-15(11-20)17-3;/h7-9,12,15,17H,4-6,10-11H2,1-3H3;1H. The van der Waals surface area contributed by atoms with E-state index in [4.69, 9.17) is 0 Å². The molecule has 2 aromatic rings. The van der Waals surface area contributed by atoms with E-state index in [2.05, 4.69) is 47.3 Å². The van der Waals surface area contributed by atoms with E-state index >= 15 is 0 Å². The number of rotatable bonds is 4. The third kappa shape index (κ3) is 3.59. The monoisotopic (exact) mass is 323 g/mol. The Morgan fingerprint density at radius 2 is 2.18 bits per heavy atom. The lowest BCUT2D eigenvalue weighted by Crippen LogP contribution is -2.43. The highest BCUT2D eigenvalue weighted by Crippen LogP contribution is 2.19. The van der Waals surface area contributed by atoms with Gasteiger partial charge in [0, 0.05) is 36.8 Å². The molecule has 0 bridgehead atoms. The van der Waals surface area contributed by atoms with E-state index in [1.54, 1.807) is 0 Å². The molecule has 1 N–H and O–H groups in total. The second-order valence-electron chi connectivity index (χ2n) is 6.30. The molecule has 3 rings (SSSR count). The molecular formula is C16H26ClN5. The van der Waals surface area contributed by atoms with Crippen LogP contribution < -0.4 is 5.32 Å². The molecule has 0 aliphatic carbocycles. The van der Waals surface area contributed by atoms with Crippen molar-refractivity contribution in [1.82, 2.24) is 25.0 Å². The molecule has 22 heavy (non-hydrogen) atoms. The highest BCUT2D eigenvalue weighted by molar-refractivity contribution is 5.85. The fraction of sp³-hybridized carbons (Fsp3) is 0.625. The van der Waals surface area contributed by atoms with E-state index in [1.165, 1.54) is 24.9 Å². The summed E-state index contributed by atoms with van der Waals surface area (Å²) in [5.41, 5.74) is 2.27. The van der Waals surface area contributed by atoms with Gasteiger partial charge in [-0.05, 0) is 51.9 Å². The number of aromatic nitrogens is 3. The van der Waals surface area contributed by atoms with Crippen molar-refractivity contribution >= 4 is 23.4 Å². The van der Waals surface area contributed by atoms with Crippen LogP contribution >= 0.6 is 12.4 Å². The first-order valence-corrected chi connectivity index (χ1v) is 7.89. The average molecular weight is 324 g/mol. The topological polar surface area (TPSA) is 46.0 Å². The lowest BCUT2D eigenvalue weighted by molar-refractivity contribution is 0.188. The second kappa shape index (κ2) is 7.40. The van der Waals surface area contributed by atoms with E-state index in [0.29, 0.717) is 12.1 Å². The van der Waals surface area contributed by atoms with Crippen LogP contribution in [-0.4, -0.2) is 45.8 Å². The number of nitrogens with one attached hydrogen (secondary N) is 1. The van der Waals surface area contributed by atoms with Crippen LogP contribution in [0.5, 0.6) is 0 Å². The summed E-state index contributed by atoms with van der Waals surface area (Å²) in [6.45, 7) is 7.55. The van der Waals surface area contributed by atoms with Crippen molar-refractivity contribution in [3.63, 3.8) is 0 Å². The van der Waals surface area contributed by atoms with Gasteiger partial charge in [0.15, 0.2) is 5.65 Å². The van der Waals surface area contributed by atoms with Gasteiger partial charge in [-0.15, -0.1) is 12.4 Å². The summed E-state index contributed by atoms with van der Waals surface area (Å²) in [6.07, 6.45) is 6.49. The van der Waals surface area contributed by atoms with E-state index in [1.807, 2.05) is 17.1 Å². The Morgan fingerprint density at radius 1 is 1.36 bits per heavy atom. The van der Waals surface area contributed by atoms with Gasteiger partial charge in [-0.1, -0.05) is 0 Å². The zero-order chi connectivity index (χ0) is 14.8. The van der Waals surface area contributed by atoms with Crippen molar-refractivity contribution in [3.8, 4) is 0 Å². The lowest BCUT2D eigenvalue weighted by atomic mass is 10.1. The van der Waals surface area contributed by atoms with Crippen molar-refractivity contribution in [2.45, 2.75) is 45.3 Å². The van der Waals surface area contributed by atoms with Gasteiger partial charge in [0.1, 0.15) is 0 Å². The number of fused-ring (bicyclic) bond motifs is 1. The Kier molecular flexibility index (Phi) is 5.78. The minimum atomic E-state index is 0. The Balaban J connectivity index is 0.00000176. The molecule has 1 unspecified atom stereocenters. The molecule has 0 amide bonds. The maximum atomic E-state index is 4.63. The van der Waals surface area contributed by atoms with E-state index < -0.39 is 0 Å². The van der Waals surface area contributed by atoms with Crippen LogP contribution in [0.4, 0.5) is 0 Å². The molecule has 6 heteroatoms. The number of piperidine rings is 1. The number of likely N-dealkylation sites (tertiary alicyclic amines) is 1. The van der Waals surface area contributed by atoms with Crippen molar-refractivity contribution in [2.75, 3.05) is 20.1 Å². The zero-order valence-electron chi connectivity index (χ0n) is 13.6. The van der Waals surface area contributed by atoms with Crippen LogP contribution in [0, 0.1) is 0 Å². The summed E-state index contributed by atoms with van der Waals surface area (Å²) in [4.78, 5) is 7.14. The summed E-state index contributed by atoms with van der Waals surface area (Å²) in [5, 5.41) is 8.98. The van der Waals surface area contributed by atoms with Crippen LogP contribution in [0.3, 0.4) is 0 Å². The normalized spacial score (nSPS) is 19.5. The predicted molar refractivity (Wildman–Crippen MR) is 92.5 cm³/mol. The SMILES string of the molecule is CNC1CCCN(Cc2cnc3c(cnn3C(C)C)c2)C1.Cl. The quantitative estimate of drug-likeness (QED) is 0.939. The summed E-state index contributed by atoms with van der Waals surface area (Å²) in [6, 6.07) is 3.20. The molecule has 5 nitrogen and oxygen atoms in total. The molecule has 1 saturated heterocycles. The molecule has 0 aromatic carbocycles. The third-order valence-corrected chi connectivity index (χ3v) is 4.30. The maximum Gasteiger partial charge on any atom is 0.157 e. The van der Waals surface area contributed by atoms with E-state index in [-0.39, 0.29) is 12.4 Å². The highest BCUT2D eigenvalue weighted by atomic mass is 35.5. The highest BCUT2D eigenvalue weighted by Gasteiger charge is 2.18. The third-order valence-electron chi connectivity index (χ3n) is 4.30. The second-order valence-corrected chi connectivity index (χ2v) is 6.30. The molecule has 2 aromatic heterocycles. The fourth-order valence-corrected chi connectivity index (χ4v) is 3.14. The molecule has 3 heterocycles. The van der Waals surface area contributed by atoms with Crippen LogP contribution in [0.2, 0.25) is 0 Å². The van der Waals surface area contributed by atoms with Gasteiger partial charge in [0.2, 0.25) is 0 Å². The van der Waals surface area contributed by atoms with Crippen LogP contribution in [0.1, 0.15) is 38.3 Å².